The molecule has 2 heterocycles. The Bertz CT molecular complexity index is 1110. The van der Waals surface area contributed by atoms with Crippen LogP contribution in [-0.4, -0.2) is 24.6 Å². The number of amides is 1. The number of hydrogen-bond donors (Lipinski definition) is 1. The highest BCUT2D eigenvalue weighted by Gasteiger charge is 2.14. The summed E-state index contributed by atoms with van der Waals surface area (Å²) in [6, 6.07) is 6.05. The minimum Gasteiger partial charge on any atom is -0.352 e. The maximum absolute atomic E-state index is 13.1. The minimum absolute atomic E-state index is 0.163. The summed E-state index contributed by atoms with van der Waals surface area (Å²) in [6.07, 6.45) is 2.24. The molecule has 0 radical (unpaired) electrons. The van der Waals surface area contributed by atoms with Crippen LogP contribution in [0.4, 0.5) is 4.39 Å². The summed E-state index contributed by atoms with van der Waals surface area (Å²) in [5.74, 6) is -0.506. The van der Waals surface area contributed by atoms with Gasteiger partial charge in [-0.05, 0) is 24.1 Å². The lowest BCUT2D eigenvalue weighted by Gasteiger charge is -2.08. The summed E-state index contributed by atoms with van der Waals surface area (Å²) >= 11 is 0. The van der Waals surface area contributed by atoms with Crippen molar-refractivity contribution in [3.63, 3.8) is 0 Å². The van der Waals surface area contributed by atoms with Crippen molar-refractivity contribution in [2.45, 2.75) is 25.9 Å². The SMILES string of the molecule is Cn1c(=O)c2c(ncn2CCCC(=O)NCc2cccc(F)c2)n(C)c1=O. The molecule has 0 atom stereocenters. The fourth-order valence-corrected chi connectivity index (χ4v) is 2.91. The second-order valence-corrected chi connectivity index (χ2v) is 6.33. The zero-order valence-electron chi connectivity index (χ0n) is 15.1. The van der Waals surface area contributed by atoms with Gasteiger partial charge in [-0.2, -0.15) is 0 Å². The number of benzene rings is 1. The van der Waals surface area contributed by atoms with E-state index >= 15 is 0 Å². The Hall–Kier alpha value is -3.23. The minimum atomic E-state index is -0.436. The molecule has 0 saturated carbocycles. The van der Waals surface area contributed by atoms with Crippen LogP contribution in [0.15, 0.2) is 40.2 Å². The first kappa shape index (κ1) is 18.6. The maximum Gasteiger partial charge on any atom is 0.332 e. The van der Waals surface area contributed by atoms with Gasteiger partial charge < -0.3 is 9.88 Å². The lowest BCUT2D eigenvalue weighted by molar-refractivity contribution is -0.121. The third-order valence-electron chi connectivity index (χ3n) is 4.40. The van der Waals surface area contributed by atoms with Gasteiger partial charge in [-0.1, -0.05) is 12.1 Å². The Kier molecular flexibility index (Phi) is 5.20. The van der Waals surface area contributed by atoms with E-state index in [-0.39, 0.29) is 24.7 Å². The average molecular weight is 373 g/mol. The van der Waals surface area contributed by atoms with E-state index in [1.807, 2.05) is 0 Å². The number of nitrogens with one attached hydrogen (secondary N) is 1. The van der Waals surface area contributed by atoms with Crippen molar-refractivity contribution >= 4 is 17.1 Å². The van der Waals surface area contributed by atoms with E-state index in [2.05, 4.69) is 10.3 Å². The molecule has 3 rings (SSSR count). The van der Waals surface area contributed by atoms with Crippen LogP contribution >= 0.6 is 0 Å². The lowest BCUT2D eigenvalue weighted by Crippen LogP contribution is -2.37. The Morgan fingerprint density at radius 2 is 2.00 bits per heavy atom. The summed E-state index contributed by atoms with van der Waals surface area (Å²) in [5.41, 5.74) is 0.488. The molecule has 0 aliphatic heterocycles. The summed E-state index contributed by atoms with van der Waals surface area (Å²) < 4.78 is 17.1. The molecule has 3 aromatic rings. The molecule has 8 nitrogen and oxygen atoms in total. The predicted octanol–water partition coefficient (Wildman–Crippen LogP) is 0.669. The van der Waals surface area contributed by atoms with E-state index in [4.69, 9.17) is 0 Å². The van der Waals surface area contributed by atoms with Gasteiger partial charge in [0.2, 0.25) is 5.91 Å². The molecule has 27 heavy (non-hydrogen) atoms. The van der Waals surface area contributed by atoms with Crippen LogP contribution in [0.3, 0.4) is 0 Å². The monoisotopic (exact) mass is 373 g/mol. The van der Waals surface area contributed by atoms with Crippen molar-refractivity contribution in [2.75, 3.05) is 0 Å². The van der Waals surface area contributed by atoms with Crippen molar-refractivity contribution in [2.24, 2.45) is 14.1 Å². The Balaban J connectivity index is 1.61. The van der Waals surface area contributed by atoms with E-state index in [0.29, 0.717) is 29.7 Å². The first-order valence-corrected chi connectivity index (χ1v) is 8.50. The zero-order valence-corrected chi connectivity index (χ0v) is 15.1. The van der Waals surface area contributed by atoms with Crippen molar-refractivity contribution in [3.05, 3.63) is 62.8 Å². The van der Waals surface area contributed by atoms with E-state index < -0.39 is 11.2 Å². The number of aryl methyl sites for hydroxylation is 2. The highest BCUT2D eigenvalue weighted by molar-refractivity contribution is 5.75. The fraction of sp³-hybridized carbons (Fsp3) is 0.333. The van der Waals surface area contributed by atoms with Gasteiger partial charge in [0.05, 0.1) is 6.33 Å². The van der Waals surface area contributed by atoms with Gasteiger partial charge in [0.25, 0.3) is 5.56 Å². The molecule has 0 fully saturated rings. The van der Waals surface area contributed by atoms with Crippen LogP contribution in [0.25, 0.3) is 11.2 Å². The van der Waals surface area contributed by atoms with Crippen LogP contribution in [0, 0.1) is 5.82 Å². The number of halogens is 1. The molecule has 1 amide bonds. The fourth-order valence-electron chi connectivity index (χ4n) is 2.91. The molecule has 0 bridgehead atoms. The molecule has 1 aromatic carbocycles. The number of imidazole rings is 1. The number of hydrogen-bond acceptors (Lipinski definition) is 4. The van der Waals surface area contributed by atoms with E-state index in [0.717, 1.165) is 4.57 Å². The van der Waals surface area contributed by atoms with Gasteiger partial charge in [-0.3, -0.25) is 18.7 Å². The molecule has 142 valence electrons. The summed E-state index contributed by atoms with van der Waals surface area (Å²) in [7, 11) is 2.97. The number of carbonyl (C=O) groups excluding carboxylic acids is 1. The highest BCUT2D eigenvalue weighted by atomic mass is 19.1. The van der Waals surface area contributed by atoms with Crippen LogP contribution in [-0.2, 0) is 32.0 Å². The van der Waals surface area contributed by atoms with E-state index in [1.54, 1.807) is 23.7 Å². The maximum atomic E-state index is 13.1. The summed E-state index contributed by atoms with van der Waals surface area (Å²) in [5, 5.41) is 2.74. The largest absolute Gasteiger partial charge is 0.352 e. The molecule has 9 heteroatoms. The number of carbonyl (C=O) groups is 1. The van der Waals surface area contributed by atoms with Gasteiger partial charge in [0.15, 0.2) is 11.2 Å². The van der Waals surface area contributed by atoms with Crippen LogP contribution < -0.4 is 16.6 Å². The lowest BCUT2D eigenvalue weighted by atomic mass is 10.2. The number of rotatable bonds is 6. The van der Waals surface area contributed by atoms with E-state index in [9.17, 15) is 18.8 Å². The second kappa shape index (κ2) is 7.56. The van der Waals surface area contributed by atoms with Crippen molar-refractivity contribution in [1.29, 1.82) is 0 Å². The third kappa shape index (κ3) is 3.81. The van der Waals surface area contributed by atoms with Crippen molar-refractivity contribution in [1.82, 2.24) is 24.0 Å². The van der Waals surface area contributed by atoms with Gasteiger partial charge in [0, 0.05) is 33.6 Å². The van der Waals surface area contributed by atoms with Crippen LogP contribution in [0.2, 0.25) is 0 Å². The third-order valence-corrected chi connectivity index (χ3v) is 4.40. The molecule has 0 saturated heterocycles. The zero-order chi connectivity index (χ0) is 19.6. The predicted molar refractivity (Wildman–Crippen MR) is 97.7 cm³/mol. The average Bonchev–Trinajstić information content (AvgIpc) is 3.07. The van der Waals surface area contributed by atoms with Gasteiger partial charge >= 0.3 is 5.69 Å². The normalized spacial score (nSPS) is 11.1. The Morgan fingerprint density at radius 3 is 2.74 bits per heavy atom. The number of fused-ring (bicyclic) bond motifs is 1. The molecule has 0 spiro atoms. The molecule has 0 aliphatic rings. The highest BCUT2D eigenvalue weighted by Crippen LogP contribution is 2.07. The smallest absolute Gasteiger partial charge is 0.332 e. The topological polar surface area (TPSA) is 90.9 Å². The molecular weight excluding hydrogens is 353 g/mol. The number of aromatic nitrogens is 4. The molecule has 0 unspecified atom stereocenters. The summed E-state index contributed by atoms with van der Waals surface area (Å²) in [4.78, 5) is 40.4. The quantitative estimate of drug-likeness (QED) is 0.688. The second-order valence-electron chi connectivity index (χ2n) is 6.33. The molecule has 1 N–H and O–H groups in total. The Morgan fingerprint density at radius 1 is 1.22 bits per heavy atom. The Labute approximate surface area is 153 Å². The molecule has 0 aliphatic carbocycles. The van der Waals surface area contributed by atoms with Crippen LogP contribution in [0.5, 0.6) is 0 Å². The first-order chi connectivity index (χ1) is 12.9. The van der Waals surface area contributed by atoms with Gasteiger partial charge in [-0.25, -0.2) is 14.2 Å². The first-order valence-electron chi connectivity index (χ1n) is 8.50. The molecular formula is C18H20FN5O3. The van der Waals surface area contributed by atoms with Crippen molar-refractivity contribution < 1.29 is 9.18 Å². The standard InChI is InChI=1S/C18H20FN5O3/c1-22-16-15(17(26)23(2)18(22)27)24(11-21-16)8-4-7-14(25)20-10-12-5-3-6-13(19)9-12/h3,5-6,9,11H,4,7-8,10H2,1-2H3,(H,20,25). The van der Waals surface area contributed by atoms with Crippen molar-refractivity contribution in [3.8, 4) is 0 Å². The van der Waals surface area contributed by atoms with Gasteiger partial charge in [0.1, 0.15) is 5.82 Å². The molecule has 2 aromatic heterocycles. The van der Waals surface area contributed by atoms with E-state index in [1.165, 1.54) is 30.1 Å². The van der Waals surface area contributed by atoms with Crippen LogP contribution in [0.1, 0.15) is 18.4 Å². The number of nitrogens with zero attached hydrogens (tertiary/aromatic N) is 4. The van der Waals surface area contributed by atoms with Gasteiger partial charge in [-0.15, -0.1) is 0 Å². The summed E-state index contributed by atoms with van der Waals surface area (Å²) in [6.45, 7) is 0.671.